The first-order chi connectivity index (χ1) is 12.7. The van der Waals surface area contributed by atoms with Gasteiger partial charge in [0.25, 0.3) is 11.5 Å². The van der Waals surface area contributed by atoms with Gasteiger partial charge in [0, 0.05) is 11.9 Å². The SMILES string of the molecule is CCCCCCn1nc(C(=O)NCc2ccco2)c2ccccc2c1=O. The molecule has 1 amide bonds. The summed E-state index contributed by atoms with van der Waals surface area (Å²) in [6.45, 7) is 2.93. The molecule has 6 heteroatoms. The van der Waals surface area contributed by atoms with E-state index in [1.165, 1.54) is 4.68 Å². The van der Waals surface area contributed by atoms with Crippen LogP contribution in [0.25, 0.3) is 10.8 Å². The topological polar surface area (TPSA) is 77.1 Å². The molecule has 0 aliphatic heterocycles. The number of hydrogen-bond acceptors (Lipinski definition) is 4. The van der Waals surface area contributed by atoms with E-state index in [4.69, 9.17) is 4.42 Å². The zero-order chi connectivity index (χ0) is 18.4. The number of carbonyl (C=O) groups is 1. The first-order valence-corrected chi connectivity index (χ1v) is 9.01. The molecule has 3 aromatic rings. The summed E-state index contributed by atoms with van der Waals surface area (Å²) in [4.78, 5) is 25.3. The lowest BCUT2D eigenvalue weighted by Crippen LogP contribution is -2.30. The fraction of sp³-hybridized carbons (Fsp3) is 0.350. The van der Waals surface area contributed by atoms with Crippen LogP contribution in [-0.2, 0) is 13.1 Å². The highest BCUT2D eigenvalue weighted by Gasteiger charge is 2.16. The fourth-order valence-corrected chi connectivity index (χ4v) is 2.91. The van der Waals surface area contributed by atoms with Gasteiger partial charge in [0.15, 0.2) is 5.69 Å². The largest absolute Gasteiger partial charge is 0.467 e. The maximum Gasteiger partial charge on any atom is 0.274 e. The second kappa shape index (κ2) is 8.47. The number of amides is 1. The van der Waals surface area contributed by atoms with Gasteiger partial charge < -0.3 is 9.73 Å². The van der Waals surface area contributed by atoms with Gasteiger partial charge in [0.2, 0.25) is 0 Å². The zero-order valence-corrected chi connectivity index (χ0v) is 14.9. The summed E-state index contributed by atoms with van der Waals surface area (Å²) in [5.41, 5.74) is 0.113. The van der Waals surface area contributed by atoms with Gasteiger partial charge >= 0.3 is 0 Å². The highest BCUT2D eigenvalue weighted by atomic mass is 16.3. The molecule has 0 bridgehead atoms. The molecule has 2 heterocycles. The quantitative estimate of drug-likeness (QED) is 0.629. The number of benzene rings is 1. The molecule has 0 fully saturated rings. The highest BCUT2D eigenvalue weighted by Crippen LogP contribution is 2.14. The van der Waals surface area contributed by atoms with Crippen molar-refractivity contribution in [3.8, 4) is 0 Å². The van der Waals surface area contributed by atoms with Crippen LogP contribution < -0.4 is 10.9 Å². The molecule has 0 radical (unpaired) electrons. The molecule has 0 saturated heterocycles. The molecule has 0 aliphatic rings. The summed E-state index contributed by atoms with van der Waals surface area (Å²) in [5, 5.41) is 8.25. The van der Waals surface area contributed by atoms with Crippen molar-refractivity contribution in [3.63, 3.8) is 0 Å². The molecule has 136 valence electrons. The molecule has 2 aromatic heterocycles. The molecule has 0 spiro atoms. The zero-order valence-electron chi connectivity index (χ0n) is 14.9. The standard InChI is InChI=1S/C20H23N3O3/c1-2-3-4-7-12-23-20(25)17-11-6-5-10-16(17)18(22-23)19(24)21-14-15-9-8-13-26-15/h5-6,8-11,13H,2-4,7,12,14H2,1H3,(H,21,24). The Morgan fingerprint density at radius 3 is 2.65 bits per heavy atom. The number of nitrogens with zero attached hydrogens (tertiary/aromatic N) is 2. The first-order valence-electron chi connectivity index (χ1n) is 9.01. The van der Waals surface area contributed by atoms with Crippen LogP contribution in [-0.4, -0.2) is 15.7 Å². The summed E-state index contributed by atoms with van der Waals surface area (Å²) in [7, 11) is 0. The molecular formula is C20H23N3O3. The van der Waals surface area contributed by atoms with Crippen LogP contribution in [0.4, 0.5) is 0 Å². The Morgan fingerprint density at radius 2 is 1.92 bits per heavy atom. The monoisotopic (exact) mass is 353 g/mol. The number of aromatic nitrogens is 2. The van der Waals surface area contributed by atoms with Crippen molar-refractivity contribution in [1.82, 2.24) is 15.1 Å². The van der Waals surface area contributed by atoms with Gasteiger partial charge in [-0.25, -0.2) is 4.68 Å². The third-order valence-electron chi connectivity index (χ3n) is 4.31. The van der Waals surface area contributed by atoms with E-state index in [2.05, 4.69) is 17.3 Å². The van der Waals surface area contributed by atoms with Gasteiger partial charge in [-0.15, -0.1) is 0 Å². The Bertz CT molecular complexity index is 929. The van der Waals surface area contributed by atoms with E-state index in [0.717, 1.165) is 25.7 Å². The van der Waals surface area contributed by atoms with Gasteiger partial charge in [-0.05, 0) is 24.6 Å². The van der Waals surface area contributed by atoms with Gasteiger partial charge in [-0.3, -0.25) is 9.59 Å². The molecule has 0 atom stereocenters. The van der Waals surface area contributed by atoms with Crippen LogP contribution in [0.3, 0.4) is 0 Å². The maximum absolute atomic E-state index is 12.7. The van der Waals surface area contributed by atoms with Gasteiger partial charge in [-0.2, -0.15) is 5.10 Å². The predicted molar refractivity (Wildman–Crippen MR) is 100 cm³/mol. The van der Waals surface area contributed by atoms with Crippen molar-refractivity contribution < 1.29 is 9.21 Å². The maximum atomic E-state index is 12.7. The van der Waals surface area contributed by atoms with Crippen molar-refractivity contribution in [1.29, 1.82) is 0 Å². The molecule has 1 N–H and O–H groups in total. The molecule has 3 rings (SSSR count). The van der Waals surface area contributed by atoms with Crippen LogP contribution in [0.1, 0.15) is 48.9 Å². The normalized spacial score (nSPS) is 11.0. The summed E-state index contributed by atoms with van der Waals surface area (Å²) < 4.78 is 6.65. The molecule has 0 aliphatic carbocycles. The molecule has 1 aromatic carbocycles. The van der Waals surface area contributed by atoms with Gasteiger partial charge in [0.05, 0.1) is 18.2 Å². The van der Waals surface area contributed by atoms with E-state index in [0.29, 0.717) is 23.1 Å². The first kappa shape index (κ1) is 17.9. The lowest BCUT2D eigenvalue weighted by molar-refractivity contribution is 0.0942. The van der Waals surface area contributed by atoms with Crippen LogP contribution in [0.15, 0.2) is 51.9 Å². The number of rotatable bonds is 8. The highest BCUT2D eigenvalue weighted by molar-refractivity contribution is 6.04. The van der Waals surface area contributed by atoms with Crippen LogP contribution in [0, 0.1) is 0 Å². The minimum Gasteiger partial charge on any atom is -0.467 e. The van der Waals surface area contributed by atoms with Gasteiger partial charge in [-0.1, -0.05) is 44.4 Å². The minimum atomic E-state index is -0.320. The average molecular weight is 353 g/mol. The van der Waals surface area contributed by atoms with E-state index in [1.54, 1.807) is 42.7 Å². The minimum absolute atomic E-state index is 0.153. The number of furan rings is 1. The number of aryl methyl sites for hydroxylation is 1. The predicted octanol–water partition coefficient (Wildman–Crippen LogP) is 3.50. The molecular weight excluding hydrogens is 330 g/mol. The smallest absolute Gasteiger partial charge is 0.274 e. The summed E-state index contributed by atoms with van der Waals surface area (Å²) in [5.74, 6) is 0.343. The Morgan fingerprint density at radius 1 is 1.12 bits per heavy atom. The lowest BCUT2D eigenvalue weighted by Gasteiger charge is -2.11. The number of nitrogens with one attached hydrogen (secondary N) is 1. The van der Waals surface area contributed by atoms with E-state index in [1.807, 2.05) is 0 Å². The molecule has 6 nitrogen and oxygen atoms in total. The summed E-state index contributed by atoms with van der Waals surface area (Å²) >= 11 is 0. The Kier molecular flexibility index (Phi) is 5.84. The van der Waals surface area contributed by atoms with Crippen molar-refractivity contribution >= 4 is 16.7 Å². The van der Waals surface area contributed by atoms with E-state index in [9.17, 15) is 9.59 Å². The third kappa shape index (κ3) is 4.02. The summed E-state index contributed by atoms with van der Waals surface area (Å²) in [6, 6.07) is 10.7. The van der Waals surface area contributed by atoms with Crippen molar-refractivity contribution in [2.75, 3.05) is 0 Å². The number of fused-ring (bicyclic) bond motifs is 1. The number of unbranched alkanes of at least 4 members (excludes halogenated alkanes) is 3. The van der Waals surface area contributed by atoms with Crippen molar-refractivity contribution in [2.45, 2.75) is 45.7 Å². The van der Waals surface area contributed by atoms with Crippen LogP contribution in [0.5, 0.6) is 0 Å². The molecule has 26 heavy (non-hydrogen) atoms. The van der Waals surface area contributed by atoms with E-state index < -0.39 is 0 Å². The number of hydrogen-bond donors (Lipinski definition) is 1. The second-order valence-electron chi connectivity index (χ2n) is 6.25. The lowest BCUT2D eigenvalue weighted by atomic mass is 10.1. The Balaban J connectivity index is 1.88. The summed E-state index contributed by atoms with van der Waals surface area (Å²) in [6.07, 6.45) is 5.72. The van der Waals surface area contributed by atoms with Crippen molar-refractivity contribution in [3.05, 3.63) is 64.5 Å². The van der Waals surface area contributed by atoms with Crippen LogP contribution >= 0.6 is 0 Å². The van der Waals surface area contributed by atoms with Crippen LogP contribution in [0.2, 0.25) is 0 Å². The van der Waals surface area contributed by atoms with Crippen molar-refractivity contribution in [2.24, 2.45) is 0 Å². The van der Waals surface area contributed by atoms with E-state index in [-0.39, 0.29) is 23.7 Å². The second-order valence-corrected chi connectivity index (χ2v) is 6.25. The molecule has 0 unspecified atom stereocenters. The number of carbonyl (C=O) groups excluding carboxylic acids is 1. The molecule has 0 saturated carbocycles. The van der Waals surface area contributed by atoms with E-state index >= 15 is 0 Å². The average Bonchev–Trinajstić information content (AvgIpc) is 3.18. The fourth-order valence-electron chi connectivity index (χ4n) is 2.91. The van der Waals surface area contributed by atoms with Gasteiger partial charge in [0.1, 0.15) is 5.76 Å². The Labute approximate surface area is 151 Å². The Hall–Kier alpha value is -2.89. The third-order valence-corrected chi connectivity index (χ3v) is 4.31.